The second-order valence-corrected chi connectivity index (χ2v) is 6.05. The van der Waals surface area contributed by atoms with Gasteiger partial charge in [-0.1, -0.05) is 0 Å². The molecule has 0 amide bonds. The fourth-order valence-corrected chi connectivity index (χ4v) is 3.78. The quantitative estimate of drug-likeness (QED) is 0.703. The molecule has 116 valence electrons. The molecule has 0 unspecified atom stereocenters. The highest BCUT2D eigenvalue weighted by Gasteiger charge is 2.50. The third kappa shape index (κ3) is 2.68. The monoisotopic (exact) mass is 295 g/mol. The van der Waals surface area contributed by atoms with Crippen LogP contribution in [0.2, 0.25) is 0 Å². The van der Waals surface area contributed by atoms with Gasteiger partial charge in [0, 0.05) is 38.0 Å². The smallest absolute Gasteiger partial charge is 0.325 e. The van der Waals surface area contributed by atoms with E-state index in [4.69, 9.17) is 4.74 Å². The van der Waals surface area contributed by atoms with Gasteiger partial charge >= 0.3 is 5.69 Å². The summed E-state index contributed by atoms with van der Waals surface area (Å²) < 4.78 is 5.77. The van der Waals surface area contributed by atoms with Crippen LogP contribution in [0, 0.1) is 0 Å². The maximum Gasteiger partial charge on any atom is 0.325 e. The lowest BCUT2D eigenvalue weighted by Gasteiger charge is -2.42. The summed E-state index contributed by atoms with van der Waals surface area (Å²) >= 11 is 0. The van der Waals surface area contributed by atoms with Gasteiger partial charge in [0.05, 0.1) is 11.7 Å². The predicted molar refractivity (Wildman–Crippen MR) is 76.1 cm³/mol. The van der Waals surface area contributed by atoms with E-state index in [1.165, 1.54) is 6.07 Å². The van der Waals surface area contributed by atoms with E-state index in [-0.39, 0.29) is 17.7 Å². The number of aliphatic hydroxyl groups is 1. The molecule has 3 rings (SSSR count). The lowest BCUT2D eigenvalue weighted by molar-refractivity contribution is -0.0880. The fourth-order valence-electron chi connectivity index (χ4n) is 3.78. The van der Waals surface area contributed by atoms with Crippen LogP contribution in [0.25, 0.3) is 0 Å². The van der Waals surface area contributed by atoms with Crippen molar-refractivity contribution < 1.29 is 9.84 Å². The minimum Gasteiger partial charge on any atom is -0.393 e. The maximum atomic E-state index is 11.4. The molecule has 1 aliphatic heterocycles. The van der Waals surface area contributed by atoms with Crippen molar-refractivity contribution in [2.45, 2.75) is 50.0 Å². The van der Waals surface area contributed by atoms with Crippen LogP contribution in [0.3, 0.4) is 0 Å². The van der Waals surface area contributed by atoms with E-state index in [9.17, 15) is 14.7 Å². The standard InChI is InChI=1S/C14H21N3O4/c1-21-14-3-2-10(18)7-11(14)17(5-4-14)8-9-6-12(19)16-13(20)15-9/h6,10-11,18H,2-5,7-8H2,1H3,(H2,15,16,19,20)/t10-,11+,14-/m1/s1. The molecule has 3 N–H and O–H groups in total. The van der Waals surface area contributed by atoms with Gasteiger partial charge in [-0.05, 0) is 25.7 Å². The molecule has 1 aromatic rings. The molecular formula is C14H21N3O4. The van der Waals surface area contributed by atoms with E-state index >= 15 is 0 Å². The number of methoxy groups -OCH3 is 1. The topological polar surface area (TPSA) is 98.4 Å². The molecule has 3 atom stereocenters. The second kappa shape index (κ2) is 5.40. The van der Waals surface area contributed by atoms with Crippen LogP contribution in [0.15, 0.2) is 15.7 Å². The number of rotatable bonds is 3. The molecule has 7 heteroatoms. The lowest BCUT2D eigenvalue weighted by atomic mass is 9.79. The molecule has 2 heterocycles. The largest absolute Gasteiger partial charge is 0.393 e. The number of likely N-dealkylation sites (tertiary alicyclic amines) is 1. The van der Waals surface area contributed by atoms with E-state index in [1.807, 2.05) is 0 Å². The van der Waals surface area contributed by atoms with Crippen LogP contribution in [0.4, 0.5) is 0 Å². The summed E-state index contributed by atoms with van der Waals surface area (Å²) in [6.07, 6.45) is 2.88. The number of H-pyrrole nitrogens is 2. The molecule has 1 saturated heterocycles. The van der Waals surface area contributed by atoms with Crippen molar-refractivity contribution in [2.24, 2.45) is 0 Å². The number of fused-ring (bicyclic) bond motifs is 1. The number of aliphatic hydroxyl groups excluding tert-OH is 1. The van der Waals surface area contributed by atoms with E-state index < -0.39 is 11.2 Å². The fraction of sp³-hybridized carbons (Fsp3) is 0.714. The van der Waals surface area contributed by atoms with Crippen molar-refractivity contribution in [3.63, 3.8) is 0 Å². The summed E-state index contributed by atoms with van der Waals surface area (Å²) in [5.74, 6) is 0. The summed E-state index contributed by atoms with van der Waals surface area (Å²) in [6, 6.07) is 1.53. The predicted octanol–water partition coefficient (Wildman–Crippen LogP) is -0.432. The first-order chi connectivity index (χ1) is 10.0. The Hall–Kier alpha value is -1.44. The minimum absolute atomic E-state index is 0.119. The average Bonchev–Trinajstić information content (AvgIpc) is 2.77. The van der Waals surface area contributed by atoms with Crippen molar-refractivity contribution in [1.29, 1.82) is 0 Å². The first kappa shape index (κ1) is 14.5. The molecular weight excluding hydrogens is 274 g/mol. The Labute approximate surface area is 121 Å². The maximum absolute atomic E-state index is 11.4. The first-order valence-electron chi connectivity index (χ1n) is 7.32. The molecule has 0 spiro atoms. The molecule has 1 aromatic heterocycles. The Morgan fingerprint density at radius 1 is 1.43 bits per heavy atom. The van der Waals surface area contributed by atoms with Crippen molar-refractivity contribution in [1.82, 2.24) is 14.9 Å². The van der Waals surface area contributed by atoms with Crippen LogP contribution in [-0.2, 0) is 11.3 Å². The van der Waals surface area contributed by atoms with E-state index in [1.54, 1.807) is 7.11 Å². The molecule has 21 heavy (non-hydrogen) atoms. The summed E-state index contributed by atoms with van der Waals surface area (Å²) in [7, 11) is 1.73. The minimum atomic E-state index is -0.488. The molecule has 2 fully saturated rings. The van der Waals surface area contributed by atoms with Gasteiger partial charge in [0.1, 0.15) is 0 Å². The lowest BCUT2D eigenvalue weighted by Crippen LogP contribution is -2.51. The van der Waals surface area contributed by atoms with Crippen LogP contribution >= 0.6 is 0 Å². The number of hydrogen-bond acceptors (Lipinski definition) is 5. The van der Waals surface area contributed by atoms with E-state index in [0.717, 1.165) is 25.8 Å². The highest BCUT2D eigenvalue weighted by Crippen LogP contribution is 2.42. The number of aromatic amines is 2. The van der Waals surface area contributed by atoms with Crippen molar-refractivity contribution in [3.8, 4) is 0 Å². The zero-order chi connectivity index (χ0) is 15.0. The van der Waals surface area contributed by atoms with Crippen LogP contribution in [0.5, 0.6) is 0 Å². The zero-order valence-electron chi connectivity index (χ0n) is 12.1. The van der Waals surface area contributed by atoms with Gasteiger partial charge in [0.25, 0.3) is 5.56 Å². The molecule has 2 aliphatic rings. The molecule has 1 saturated carbocycles. The Bertz CT molecular complexity index is 597. The molecule has 7 nitrogen and oxygen atoms in total. The van der Waals surface area contributed by atoms with Gasteiger partial charge in [0.2, 0.25) is 0 Å². The third-order valence-corrected chi connectivity index (χ3v) is 4.86. The van der Waals surface area contributed by atoms with Crippen LogP contribution < -0.4 is 11.2 Å². The average molecular weight is 295 g/mol. The summed E-state index contributed by atoms with van der Waals surface area (Å²) in [4.78, 5) is 29.7. The Morgan fingerprint density at radius 3 is 2.95 bits per heavy atom. The molecule has 1 aliphatic carbocycles. The first-order valence-corrected chi connectivity index (χ1v) is 7.32. The Balaban J connectivity index is 1.82. The van der Waals surface area contributed by atoms with Crippen molar-refractivity contribution >= 4 is 0 Å². The highest BCUT2D eigenvalue weighted by atomic mass is 16.5. The molecule has 0 aromatic carbocycles. The highest BCUT2D eigenvalue weighted by molar-refractivity contribution is 5.08. The summed E-state index contributed by atoms with van der Waals surface area (Å²) in [6.45, 7) is 1.32. The third-order valence-electron chi connectivity index (χ3n) is 4.86. The Kier molecular flexibility index (Phi) is 3.73. The van der Waals surface area contributed by atoms with Gasteiger partial charge in [-0.3, -0.25) is 14.7 Å². The Morgan fingerprint density at radius 2 is 2.24 bits per heavy atom. The van der Waals surface area contributed by atoms with Crippen LogP contribution in [-0.4, -0.2) is 51.4 Å². The van der Waals surface area contributed by atoms with Gasteiger partial charge in [-0.25, -0.2) is 4.79 Å². The van der Waals surface area contributed by atoms with Gasteiger partial charge in [-0.2, -0.15) is 0 Å². The normalized spacial score (nSPS) is 33.0. The molecule has 0 radical (unpaired) electrons. The molecule has 0 bridgehead atoms. The number of nitrogens with zero attached hydrogens (tertiary/aromatic N) is 1. The zero-order valence-corrected chi connectivity index (χ0v) is 12.1. The number of aromatic nitrogens is 2. The van der Waals surface area contributed by atoms with E-state index in [2.05, 4.69) is 14.9 Å². The summed E-state index contributed by atoms with van der Waals surface area (Å²) in [5.41, 5.74) is -0.496. The van der Waals surface area contributed by atoms with Crippen molar-refractivity contribution in [2.75, 3.05) is 13.7 Å². The number of ether oxygens (including phenoxy) is 1. The SMILES string of the molecule is CO[C@@]12CC[C@@H](O)C[C@@H]1N(Cc1cc(=O)[nH]c(=O)[nH]1)CC2. The van der Waals surface area contributed by atoms with E-state index in [0.29, 0.717) is 18.7 Å². The van der Waals surface area contributed by atoms with Gasteiger partial charge < -0.3 is 14.8 Å². The number of nitrogens with one attached hydrogen (secondary N) is 2. The summed E-state index contributed by atoms with van der Waals surface area (Å²) in [5, 5.41) is 9.94. The second-order valence-electron chi connectivity index (χ2n) is 6.05. The van der Waals surface area contributed by atoms with Gasteiger partial charge in [-0.15, -0.1) is 0 Å². The van der Waals surface area contributed by atoms with Crippen LogP contribution in [0.1, 0.15) is 31.4 Å². The number of hydrogen-bond donors (Lipinski definition) is 3. The van der Waals surface area contributed by atoms with Crippen molar-refractivity contribution in [3.05, 3.63) is 32.6 Å². The van der Waals surface area contributed by atoms with Gasteiger partial charge in [0.15, 0.2) is 0 Å².